The van der Waals surface area contributed by atoms with Crippen LogP contribution in [0.1, 0.15) is 58.4 Å². The smallest absolute Gasteiger partial charge is 0.224 e. The maximum absolute atomic E-state index is 4.60. The van der Waals surface area contributed by atoms with Gasteiger partial charge in [0.1, 0.15) is 5.82 Å². The van der Waals surface area contributed by atoms with Crippen LogP contribution >= 0.6 is 0 Å². The lowest BCUT2D eigenvalue weighted by Gasteiger charge is -2.31. The molecule has 0 bridgehead atoms. The molecule has 0 unspecified atom stereocenters. The van der Waals surface area contributed by atoms with E-state index >= 15 is 0 Å². The van der Waals surface area contributed by atoms with Crippen LogP contribution in [-0.2, 0) is 0 Å². The van der Waals surface area contributed by atoms with Gasteiger partial charge >= 0.3 is 0 Å². The van der Waals surface area contributed by atoms with E-state index in [1.54, 1.807) is 0 Å². The molecule has 0 atom stereocenters. The Kier molecular flexibility index (Phi) is 5.43. The molecule has 1 aromatic heterocycles. The molecule has 2 N–H and O–H groups in total. The summed E-state index contributed by atoms with van der Waals surface area (Å²) >= 11 is 0. The Hall–Kier alpha value is -1.32. The summed E-state index contributed by atoms with van der Waals surface area (Å²) in [6.45, 7) is 10.7. The second-order valence-electron chi connectivity index (χ2n) is 6.91. The molecule has 2 rings (SSSR count). The van der Waals surface area contributed by atoms with Gasteiger partial charge in [0.05, 0.1) is 0 Å². The summed E-state index contributed by atoms with van der Waals surface area (Å²) < 4.78 is 0. The predicted octanol–water partition coefficient (Wildman–Crippen LogP) is 4.24. The molecule has 1 saturated carbocycles. The number of anilines is 2. The van der Waals surface area contributed by atoms with Crippen LogP contribution in [0.5, 0.6) is 0 Å². The van der Waals surface area contributed by atoms with E-state index in [1.165, 1.54) is 32.1 Å². The minimum atomic E-state index is 0.462. The highest BCUT2D eigenvalue weighted by Crippen LogP contribution is 2.43. The number of hydrogen-bond donors (Lipinski definition) is 2. The van der Waals surface area contributed by atoms with Gasteiger partial charge in [-0.15, -0.1) is 0 Å². The average Bonchev–Trinajstić information content (AvgIpc) is 2.88. The fourth-order valence-electron chi connectivity index (χ4n) is 3.58. The average molecular weight is 290 g/mol. The molecule has 21 heavy (non-hydrogen) atoms. The molecule has 118 valence electrons. The molecule has 0 amide bonds. The summed E-state index contributed by atoms with van der Waals surface area (Å²) in [5.41, 5.74) is 1.58. The second kappa shape index (κ2) is 7.10. The van der Waals surface area contributed by atoms with Crippen molar-refractivity contribution in [3.8, 4) is 0 Å². The lowest BCUT2D eigenvalue weighted by atomic mass is 9.78. The van der Waals surface area contributed by atoms with Crippen molar-refractivity contribution in [1.82, 2.24) is 9.97 Å². The lowest BCUT2D eigenvalue weighted by molar-refractivity contribution is 0.252. The van der Waals surface area contributed by atoms with E-state index in [2.05, 4.69) is 48.3 Å². The van der Waals surface area contributed by atoms with Crippen LogP contribution in [0.2, 0.25) is 0 Å². The Morgan fingerprint density at radius 2 is 1.95 bits per heavy atom. The van der Waals surface area contributed by atoms with Crippen molar-refractivity contribution in [1.29, 1.82) is 0 Å². The monoisotopic (exact) mass is 290 g/mol. The van der Waals surface area contributed by atoms with Gasteiger partial charge in [0.25, 0.3) is 0 Å². The summed E-state index contributed by atoms with van der Waals surface area (Å²) in [4.78, 5) is 8.91. The Balaban J connectivity index is 2.05. The van der Waals surface area contributed by atoms with Crippen LogP contribution in [0.15, 0.2) is 6.20 Å². The molecular weight excluding hydrogens is 260 g/mol. The van der Waals surface area contributed by atoms with Crippen molar-refractivity contribution in [3.63, 3.8) is 0 Å². The van der Waals surface area contributed by atoms with Gasteiger partial charge in [-0.1, -0.05) is 26.7 Å². The summed E-state index contributed by atoms with van der Waals surface area (Å²) in [6.07, 6.45) is 8.66. The first-order valence-electron chi connectivity index (χ1n) is 8.36. The number of rotatable bonds is 7. The lowest BCUT2D eigenvalue weighted by Crippen LogP contribution is -2.29. The Bertz CT molecular complexity index is 450. The zero-order valence-electron chi connectivity index (χ0n) is 14.0. The fourth-order valence-corrected chi connectivity index (χ4v) is 3.58. The van der Waals surface area contributed by atoms with Gasteiger partial charge in [-0.05, 0) is 44.4 Å². The second-order valence-corrected chi connectivity index (χ2v) is 6.91. The van der Waals surface area contributed by atoms with E-state index < -0.39 is 0 Å². The first-order chi connectivity index (χ1) is 10.0. The molecule has 1 heterocycles. The minimum absolute atomic E-state index is 0.462. The molecule has 0 aliphatic heterocycles. The van der Waals surface area contributed by atoms with Crippen molar-refractivity contribution in [2.45, 2.75) is 59.8 Å². The van der Waals surface area contributed by atoms with Gasteiger partial charge in [-0.25, -0.2) is 4.98 Å². The molecule has 4 heteroatoms. The normalized spacial score (nSPS) is 17.2. The van der Waals surface area contributed by atoms with E-state index in [0.29, 0.717) is 5.41 Å². The highest BCUT2D eigenvalue weighted by molar-refractivity contribution is 5.46. The summed E-state index contributed by atoms with van der Waals surface area (Å²) in [5.74, 6) is 2.46. The van der Waals surface area contributed by atoms with Crippen molar-refractivity contribution >= 4 is 11.8 Å². The van der Waals surface area contributed by atoms with Gasteiger partial charge in [0.2, 0.25) is 5.95 Å². The van der Waals surface area contributed by atoms with Crippen molar-refractivity contribution < 1.29 is 0 Å². The number of aryl methyl sites for hydroxylation is 1. The molecule has 0 radical (unpaired) electrons. The van der Waals surface area contributed by atoms with E-state index in [0.717, 1.165) is 36.3 Å². The van der Waals surface area contributed by atoms with Crippen LogP contribution in [0, 0.1) is 18.3 Å². The maximum Gasteiger partial charge on any atom is 0.224 e. The number of nitrogens with one attached hydrogen (secondary N) is 2. The molecule has 4 nitrogen and oxygen atoms in total. The van der Waals surface area contributed by atoms with Gasteiger partial charge < -0.3 is 10.6 Å². The SMILES string of the molecule is CCNc1ncc(C)c(NCC2(CC(C)C)CCCC2)n1. The van der Waals surface area contributed by atoms with Crippen molar-refractivity contribution in [2.75, 3.05) is 23.7 Å². The zero-order chi connectivity index (χ0) is 15.3. The number of hydrogen-bond acceptors (Lipinski definition) is 4. The van der Waals surface area contributed by atoms with Crippen LogP contribution in [0.25, 0.3) is 0 Å². The fraction of sp³-hybridized carbons (Fsp3) is 0.765. The highest BCUT2D eigenvalue weighted by Gasteiger charge is 2.34. The van der Waals surface area contributed by atoms with Crippen molar-refractivity contribution in [3.05, 3.63) is 11.8 Å². The van der Waals surface area contributed by atoms with Gasteiger partial charge in [0, 0.05) is 24.8 Å². The Morgan fingerprint density at radius 1 is 1.24 bits per heavy atom. The van der Waals surface area contributed by atoms with Crippen LogP contribution < -0.4 is 10.6 Å². The highest BCUT2D eigenvalue weighted by atomic mass is 15.1. The minimum Gasteiger partial charge on any atom is -0.369 e. The molecule has 0 spiro atoms. The van der Waals surface area contributed by atoms with Gasteiger partial charge in [-0.2, -0.15) is 4.98 Å². The topological polar surface area (TPSA) is 49.8 Å². The van der Waals surface area contributed by atoms with Crippen LogP contribution in [0.3, 0.4) is 0 Å². The molecule has 0 aromatic carbocycles. The molecule has 1 aromatic rings. The zero-order valence-corrected chi connectivity index (χ0v) is 14.0. The first-order valence-corrected chi connectivity index (χ1v) is 8.36. The molecule has 1 aliphatic carbocycles. The maximum atomic E-state index is 4.60. The number of aromatic nitrogens is 2. The Morgan fingerprint density at radius 3 is 2.57 bits per heavy atom. The first kappa shape index (κ1) is 16.1. The van der Waals surface area contributed by atoms with Crippen LogP contribution in [-0.4, -0.2) is 23.1 Å². The standard InChI is InChI=1S/C17H30N4/c1-5-18-16-19-11-14(4)15(21-16)20-12-17(10-13(2)3)8-6-7-9-17/h11,13H,5-10,12H2,1-4H3,(H2,18,19,20,21). The molecular formula is C17H30N4. The molecule has 0 saturated heterocycles. The molecule has 1 fully saturated rings. The largest absolute Gasteiger partial charge is 0.369 e. The quantitative estimate of drug-likeness (QED) is 0.789. The van der Waals surface area contributed by atoms with Crippen molar-refractivity contribution in [2.24, 2.45) is 11.3 Å². The van der Waals surface area contributed by atoms with E-state index in [9.17, 15) is 0 Å². The summed E-state index contributed by atoms with van der Waals surface area (Å²) in [7, 11) is 0. The number of nitrogens with zero attached hydrogens (tertiary/aromatic N) is 2. The van der Waals surface area contributed by atoms with E-state index in [1.807, 2.05) is 6.20 Å². The third kappa shape index (κ3) is 4.32. The summed E-state index contributed by atoms with van der Waals surface area (Å²) in [5, 5.41) is 6.79. The van der Waals surface area contributed by atoms with E-state index in [-0.39, 0.29) is 0 Å². The molecule has 1 aliphatic rings. The van der Waals surface area contributed by atoms with Crippen LogP contribution in [0.4, 0.5) is 11.8 Å². The Labute approximate surface area is 129 Å². The third-order valence-corrected chi connectivity index (χ3v) is 4.44. The van der Waals surface area contributed by atoms with Gasteiger partial charge in [0.15, 0.2) is 0 Å². The predicted molar refractivity (Wildman–Crippen MR) is 89.8 cm³/mol. The third-order valence-electron chi connectivity index (χ3n) is 4.44. The van der Waals surface area contributed by atoms with Gasteiger partial charge in [-0.3, -0.25) is 0 Å². The van der Waals surface area contributed by atoms with E-state index in [4.69, 9.17) is 0 Å². The summed E-state index contributed by atoms with van der Waals surface area (Å²) in [6, 6.07) is 0.